The van der Waals surface area contributed by atoms with Crippen molar-refractivity contribution in [2.24, 2.45) is 7.05 Å². The molecule has 0 aromatic carbocycles. The molecule has 0 saturated carbocycles. The zero-order chi connectivity index (χ0) is 15.0. The molecule has 5 nitrogen and oxygen atoms in total. The molecule has 0 aliphatic rings. The quantitative estimate of drug-likeness (QED) is 0.696. The number of nitrogens with zero attached hydrogens (tertiary/aromatic N) is 4. The summed E-state index contributed by atoms with van der Waals surface area (Å²) in [6.45, 7) is 2.55. The minimum absolute atomic E-state index is 0.531. The first-order chi connectivity index (χ1) is 10.2. The summed E-state index contributed by atoms with van der Waals surface area (Å²) in [4.78, 5) is 15.5. The van der Waals surface area contributed by atoms with Gasteiger partial charge >= 0.3 is 0 Å². The standard InChI is InChI=1S/C15H15ClN4O/c1-3-12-14(16)13(19(2)18-12)8-20-7-10(9-21)11-5-4-6-17-15(11)20/h4-7,9H,3,8H2,1-2H3. The van der Waals surface area contributed by atoms with Crippen LogP contribution in [0, 0.1) is 0 Å². The highest BCUT2D eigenvalue weighted by atomic mass is 35.5. The molecule has 0 aliphatic carbocycles. The fraction of sp³-hybridized carbons (Fsp3) is 0.267. The van der Waals surface area contributed by atoms with E-state index in [1.165, 1.54) is 0 Å². The van der Waals surface area contributed by atoms with Crippen molar-refractivity contribution in [2.75, 3.05) is 0 Å². The number of aromatic nitrogens is 4. The molecule has 3 heterocycles. The van der Waals surface area contributed by atoms with Crippen molar-refractivity contribution in [3.8, 4) is 0 Å². The summed E-state index contributed by atoms with van der Waals surface area (Å²) in [5.74, 6) is 0. The first-order valence-corrected chi connectivity index (χ1v) is 7.12. The summed E-state index contributed by atoms with van der Waals surface area (Å²) in [5, 5.41) is 5.95. The van der Waals surface area contributed by atoms with Crippen molar-refractivity contribution >= 4 is 28.9 Å². The minimum atomic E-state index is 0.531. The first kappa shape index (κ1) is 13.8. The molecule has 6 heteroatoms. The van der Waals surface area contributed by atoms with Gasteiger partial charge in [-0.3, -0.25) is 9.48 Å². The van der Waals surface area contributed by atoms with Gasteiger partial charge in [-0.1, -0.05) is 18.5 Å². The smallest absolute Gasteiger partial charge is 0.152 e. The van der Waals surface area contributed by atoms with Crippen LogP contribution >= 0.6 is 11.6 Å². The molecule has 0 spiro atoms. The predicted octanol–water partition coefficient (Wildman–Crippen LogP) is 2.85. The van der Waals surface area contributed by atoms with E-state index in [2.05, 4.69) is 10.1 Å². The number of aldehydes is 1. The van der Waals surface area contributed by atoms with E-state index in [4.69, 9.17) is 11.6 Å². The average molecular weight is 303 g/mol. The van der Waals surface area contributed by atoms with Crippen molar-refractivity contribution in [3.05, 3.63) is 46.5 Å². The molecule has 3 aromatic heterocycles. The first-order valence-electron chi connectivity index (χ1n) is 6.75. The average Bonchev–Trinajstić information content (AvgIpc) is 2.99. The third-order valence-electron chi connectivity index (χ3n) is 3.61. The summed E-state index contributed by atoms with van der Waals surface area (Å²) < 4.78 is 3.72. The number of hydrogen-bond acceptors (Lipinski definition) is 3. The van der Waals surface area contributed by atoms with E-state index in [-0.39, 0.29) is 0 Å². The third-order valence-corrected chi connectivity index (χ3v) is 4.05. The van der Waals surface area contributed by atoms with Gasteiger partial charge in [-0.25, -0.2) is 4.98 Å². The van der Waals surface area contributed by atoms with Crippen LogP contribution in [-0.4, -0.2) is 25.6 Å². The summed E-state index contributed by atoms with van der Waals surface area (Å²) in [6.07, 6.45) is 5.16. The van der Waals surface area contributed by atoms with Crippen molar-refractivity contribution < 1.29 is 4.79 Å². The molecule has 0 aliphatic heterocycles. The Morgan fingerprint density at radius 1 is 1.43 bits per heavy atom. The van der Waals surface area contributed by atoms with Crippen LogP contribution in [0.15, 0.2) is 24.5 Å². The highest BCUT2D eigenvalue weighted by Gasteiger charge is 2.16. The second kappa shape index (κ2) is 5.33. The molecule has 0 bridgehead atoms. The third kappa shape index (κ3) is 2.23. The van der Waals surface area contributed by atoms with Gasteiger partial charge < -0.3 is 4.57 Å². The summed E-state index contributed by atoms with van der Waals surface area (Å²) in [7, 11) is 1.88. The van der Waals surface area contributed by atoms with Crippen molar-refractivity contribution in [3.63, 3.8) is 0 Å². The maximum atomic E-state index is 11.2. The Labute approximate surface area is 127 Å². The predicted molar refractivity (Wildman–Crippen MR) is 81.8 cm³/mol. The van der Waals surface area contributed by atoms with E-state index in [1.54, 1.807) is 17.1 Å². The van der Waals surface area contributed by atoms with Crippen LogP contribution < -0.4 is 0 Å². The molecular weight excluding hydrogens is 288 g/mol. The molecule has 0 N–H and O–H groups in total. The van der Waals surface area contributed by atoms with Crippen molar-refractivity contribution in [2.45, 2.75) is 19.9 Å². The van der Waals surface area contributed by atoms with Crippen LogP contribution in [0.25, 0.3) is 11.0 Å². The van der Waals surface area contributed by atoms with Gasteiger partial charge in [0.15, 0.2) is 6.29 Å². The van der Waals surface area contributed by atoms with E-state index < -0.39 is 0 Å². The Bertz CT molecular complexity index is 819. The maximum absolute atomic E-state index is 11.2. The molecule has 21 heavy (non-hydrogen) atoms. The largest absolute Gasteiger partial charge is 0.326 e. The van der Waals surface area contributed by atoms with Gasteiger partial charge in [0, 0.05) is 30.4 Å². The van der Waals surface area contributed by atoms with Gasteiger partial charge in [-0.15, -0.1) is 0 Å². The van der Waals surface area contributed by atoms with Crippen LogP contribution in [0.1, 0.15) is 28.7 Å². The van der Waals surface area contributed by atoms with Crippen molar-refractivity contribution in [1.29, 1.82) is 0 Å². The molecule has 3 aromatic rings. The van der Waals surface area contributed by atoms with Crippen LogP contribution in [-0.2, 0) is 20.0 Å². The Kier molecular flexibility index (Phi) is 3.51. The molecule has 0 fully saturated rings. The molecule has 0 amide bonds. The Hall–Kier alpha value is -2.14. The van der Waals surface area contributed by atoms with Gasteiger partial charge in [-0.2, -0.15) is 5.10 Å². The number of fused-ring (bicyclic) bond motifs is 1. The maximum Gasteiger partial charge on any atom is 0.152 e. The van der Waals surface area contributed by atoms with E-state index in [0.29, 0.717) is 17.1 Å². The van der Waals surface area contributed by atoms with Crippen LogP contribution in [0.5, 0.6) is 0 Å². The fourth-order valence-corrected chi connectivity index (χ4v) is 2.87. The number of aryl methyl sites for hydroxylation is 2. The number of carbonyl (C=O) groups is 1. The molecule has 0 unspecified atom stereocenters. The Balaban J connectivity index is 2.10. The van der Waals surface area contributed by atoms with Gasteiger partial charge in [0.25, 0.3) is 0 Å². The van der Waals surface area contributed by atoms with E-state index in [9.17, 15) is 4.79 Å². The summed E-state index contributed by atoms with van der Waals surface area (Å²) in [6, 6.07) is 3.72. The van der Waals surface area contributed by atoms with Crippen LogP contribution in [0.3, 0.4) is 0 Å². The molecule has 0 atom stereocenters. The van der Waals surface area contributed by atoms with E-state index in [1.807, 2.05) is 30.7 Å². The lowest BCUT2D eigenvalue weighted by atomic mass is 10.2. The number of halogens is 1. The Morgan fingerprint density at radius 3 is 2.90 bits per heavy atom. The monoisotopic (exact) mass is 302 g/mol. The second-order valence-electron chi connectivity index (χ2n) is 4.89. The summed E-state index contributed by atoms with van der Waals surface area (Å²) >= 11 is 6.38. The van der Waals surface area contributed by atoms with E-state index in [0.717, 1.165) is 35.1 Å². The zero-order valence-corrected chi connectivity index (χ0v) is 12.6. The topological polar surface area (TPSA) is 52.7 Å². The summed E-state index contributed by atoms with van der Waals surface area (Å²) in [5.41, 5.74) is 3.20. The SMILES string of the molecule is CCc1nn(C)c(Cn2cc(C=O)c3cccnc32)c1Cl. The normalized spacial score (nSPS) is 11.2. The van der Waals surface area contributed by atoms with Crippen LogP contribution in [0.4, 0.5) is 0 Å². The zero-order valence-electron chi connectivity index (χ0n) is 11.9. The van der Waals surface area contributed by atoms with Gasteiger partial charge in [0.1, 0.15) is 5.65 Å². The molecule has 0 saturated heterocycles. The van der Waals surface area contributed by atoms with Gasteiger partial charge in [0.2, 0.25) is 0 Å². The van der Waals surface area contributed by atoms with Gasteiger partial charge in [-0.05, 0) is 18.6 Å². The minimum Gasteiger partial charge on any atom is -0.326 e. The Morgan fingerprint density at radius 2 is 2.24 bits per heavy atom. The second-order valence-corrected chi connectivity index (χ2v) is 5.27. The molecule has 108 valence electrons. The lowest BCUT2D eigenvalue weighted by molar-refractivity contribution is 0.112. The van der Waals surface area contributed by atoms with Gasteiger partial charge in [0.05, 0.1) is 23.0 Å². The number of pyridine rings is 1. The lowest BCUT2D eigenvalue weighted by Crippen LogP contribution is -2.05. The van der Waals surface area contributed by atoms with Crippen LogP contribution in [0.2, 0.25) is 5.02 Å². The number of rotatable bonds is 4. The van der Waals surface area contributed by atoms with Crippen molar-refractivity contribution in [1.82, 2.24) is 19.3 Å². The number of hydrogen-bond donors (Lipinski definition) is 0. The molecular formula is C15H15ClN4O. The highest BCUT2D eigenvalue weighted by molar-refractivity contribution is 6.31. The fourth-order valence-electron chi connectivity index (χ4n) is 2.52. The lowest BCUT2D eigenvalue weighted by Gasteiger charge is -2.05. The molecule has 3 rings (SSSR count). The molecule has 0 radical (unpaired) electrons. The number of carbonyl (C=O) groups excluding carboxylic acids is 1. The van der Waals surface area contributed by atoms with E-state index >= 15 is 0 Å². The highest BCUT2D eigenvalue weighted by Crippen LogP contribution is 2.24.